The van der Waals surface area contributed by atoms with Crippen LogP contribution in [0.2, 0.25) is 0 Å². The molecule has 9 heteroatoms. The molecule has 0 fully saturated rings. The Bertz CT molecular complexity index is 952. The summed E-state index contributed by atoms with van der Waals surface area (Å²) in [6.45, 7) is -0.555. The Morgan fingerprint density at radius 3 is 2.17 bits per heavy atom. The Hall–Kier alpha value is -3.49. The van der Waals surface area contributed by atoms with Gasteiger partial charge in [0.1, 0.15) is 6.54 Å². The molecule has 0 atom stereocenters. The number of aromatic nitrogens is 2. The summed E-state index contributed by atoms with van der Waals surface area (Å²) in [4.78, 5) is 64.0. The molecule has 0 radical (unpaired) electrons. The van der Waals surface area contributed by atoms with E-state index >= 15 is 0 Å². The molecule has 1 aromatic heterocycles. The average molecular weight is 329 g/mol. The fourth-order valence-electron chi connectivity index (χ4n) is 2.26. The van der Waals surface area contributed by atoms with Crippen molar-refractivity contribution in [2.45, 2.75) is 6.54 Å². The lowest BCUT2D eigenvalue weighted by Crippen LogP contribution is -2.40. The van der Waals surface area contributed by atoms with Gasteiger partial charge < -0.3 is 4.84 Å². The average Bonchev–Trinajstić information content (AvgIpc) is 2.81. The van der Waals surface area contributed by atoms with Crippen molar-refractivity contribution in [1.29, 1.82) is 0 Å². The smallest absolute Gasteiger partial charge is 0.328 e. The van der Waals surface area contributed by atoms with E-state index in [1.54, 1.807) is 12.1 Å². The molecule has 0 saturated heterocycles. The van der Waals surface area contributed by atoms with Gasteiger partial charge in [-0.05, 0) is 12.1 Å². The van der Waals surface area contributed by atoms with Gasteiger partial charge in [-0.25, -0.2) is 9.59 Å². The lowest BCUT2D eigenvalue weighted by atomic mass is 10.1. The Morgan fingerprint density at radius 1 is 1.00 bits per heavy atom. The molecule has 0 unspecified atom stereocenters. The molecular formula is C15H11N3O6. The van der Waals surface area contributed by atoms with Crippen LogP contribution in [0.3, 0.4) is 0 Å². The molecule has 3 rings (SSSR count). The van der Waals surface area contributed by atoms with Crippen LogP contribution in [0.15, 0.2) is 46.1 Å². The maximum Gasteiger partial charge on any atom is 0.352 e. The van der Waals surface area contributed by atoms with E-state index < -0.39 is 35.6 Å². The van der Waals surface area contributed by atoms with Gasteiger partial charge in [0, 0.05) is 19.3 Å². The molecule has 2 aromatic rings. The quantitative estimate of drug-likeness (QED) is 0.689. The van der Waals surface area contributed by atoms with Crippen LogP contribution in [-0.4, -0.2) is 32.0 Å². The van der Waals surface area contributed by atoms with Crippen LogP contribution in [0.1, 0.15) is 20.7 Å². The van der Waals surface area contributed by atoms with E-state index in [9.17, 15) is 24.0 Å². The summed E-state index contributed by atoms with van der Waals surface area (Å²) in [7, 11) is 1.26. The number of hydrogen-bond donors (Lipinski definition) is 0. The second kappa shape index (κ2) is 5.61. The lowest BCUT2D eigenvalue weighted by molar-refractivity contribution is -0.169. The van der Waals surface area contributed by atoms with Gasteiger partial charge >= 0.3 is 11.7 Å². The van der Waals surface area contributed by atoms with Gasteiger partial charge in [0.25, 0.3) is 17.4 Å². The Morgan fingerprint density at radius 2 is 1.58 bits per heavy atom. The standard InChI is InChI=1S/C15H11N3O6/c1-16-11(19)6-7-17(15(16)23)8-12(20)24-18-13(21)9-4-2-3-5-10(9)14(18)22/h2-7H,8H2,1H3. The molecule has 1 aliphatic heterocycles. The van der Waals surface area contributed by atoms with Gasteiger partial charge in [-0.1, -0.05) is 17.2 Å². The summed E-state index contributed by atoms with van der Waals surface area (Å²) in [5.74, 6) is -2.50. The third kappa shape index (κ3) is 2.41. The van der Waals surface area contributed by atoms with Gasteiger partial charge in [-0.3, -0.25) is 23.5 Å². The summed E-state index contributed by atoms with van der Waals surface area (Å²) in [5, 5.41) is 0.361. The second-order valence-corrected chi connectivity index (χ2v) is 5.04. The predicted octanol–water partition coefficient (Wildman–Crippen LogP) is -0.699. The molecule has 0 aliphatic carbocycles. The third-order valence-electron chi connectivity index (χ3n) is 3.51. The van der Waals surface area contributed by atoms with Crippen LogP contribution in [0.25, 0.3) is 0 Å². The summed E-state index contributed by atoms with van der Waals surface area (Å²) in [5.41, 5.74) is -0.976. The van der Waals surface area contributed by atoms with Gasteiger partial charge in [-0.15, -0.1) is 0 Å². The van der Waals surface area contributed by atoms with E-state index in [1.807, 2.05) is 0 Å². The van der Waals surface area contributed by atoms with Gasteiger partial charge in [0.05, 0.1) is 11.1 Å². The van der Waals surface area contributed by atoms with E-state index in [0.29, 0.717) is 5.06 Å². The Kier molecular flexibility index (Phi) is 3.60. The highest BCUT2D eigenvalue weighted by atomic mass is 16.7. The van der Waals surface area contributed by atoms with E-state index in [-0.39, 0.29) is 11.1 Å². The number of benzene rings is 1. The van der Waals surface area contributed by atoms with Crippen molar-refractivity contribution in [3.63, 3.8) is 0 Å². The largest absolute Gasteiger partial charge is 0.352 e. The predicted molar refractivity (Wildman–Crippen MR) is 79.0 cm³/mol. The first-order valence-electron chi connectivity index (χ1n) is 6.85. The van der Waals surface area contributed by atoms with Crippen molar-refractivity contribution in [1.82, 2.24) is 14.2 Å². The minimum Gasteiger partial charge on any atom is -0.328 e. The first-order valence-corrected chi connectivity index (χ1v) is 6.85. The number of nitrogens with zero attached hydrogens (tertiary/aromatic N) is 3. The molecule has 0 saturated carbocycles. The van der Waals surface area contributed by atoms with Gasteiger partial charge in [-0.2, -0.15) is 0 Å². The Labute approximate surface area is 134 Å². The van der Waals surface area contributed by atoms with Crippen molar-refractivity contribution in [3.8, 4) is 0 Å². The van der Waals surface area contributed by atoms with Crippen molar-refractivity contribution in [3.05, 3.63) is 68.5 Å². The molecule has 122 valence electrons. The maximum absolute atomic E-state index is 12.1. The first-order chi connectivity index (χ1) is 11.4. The second-order valence-electron chi connectivity index (χ2n) is 5.04. The molecule has 2 amide bonds. The van der Waals surface area contributed by atoms with Crippen LogP contribution in [0.4, 0.5) is 0 Å². The molecule has 1 aromatic carbocycles. The van der Waals surface area contributed by atoms with Gasteiger partial charge in [0.2, 0.25) is 0 Å². The van der Waals surface area contributed by atoms with Crippen LogP contribution in [-0.2, 0) is 23.2 Å². The first kappa shape index (κ1) is 15.4. The molecule has 0 N–H and O–H groups in total. The number of hydroxylamine groups is 2. The van der Waals surface area contributed by atoms with Crippen molar-refractivity contribution in [2.24, 2.45) is 7.05 Å². The third-order valence-corrected chi connectivity index (χ3v) is 3.51. The van der Waals surface area contributed by atoms with E-state index in [1.165, 1.54) is 19.2 Å². The normalized spacial score (nSPS) is 13.1. The molecule has 0 spiro atoms. The summed E-state index contributed by atoms with van der Waals surface area (Å²) in [6.07, 6.45) is 1.13. The number of rotatable bonds is 3. The van der Waals surface area contributed by atoms with Crippen LogP contribution >= 0.6 is 0 Å². The molecule has 2 heterocycles. The number of fused-ring (bicyclic) bond motifs is 1. The molecule has 1 aliphatic rings. The minimum atomic E-state index is -0.995. The van der Waals surface area contributed by atoms with Gasteiger partial charge in [0.15, 0.2) is 0 Å². The summed E-state index contributed by atoms with van der Waals surface area (Å²) in [6, 6.07) is 7.16. The van der Waals surface area contributed by atoms with Crippen LogP contribution in [0.5, 0.6) is 0 Å². The fourth-order valence-corrected chi connectivity index (χ4v) is 2.26. The fraction of sp³-hybridized carbons (Fsp3) is 0.133. The van der Waals surface area contributed by atoms with E-state index in [2.05, 4.69) is 0 Å². The van der Waals surface area contributed by atoms with Crippen LogP contribution in [0, 0.1) is 0 Å². The zero-order valence-corrected chi connectivity index (χ0v) is 12.5. The van der Waals surface area contributed by atoms with E-state index in [0.717, 1.165) is 21.4 Å². The van der Waals surface area contributed by atoms with Crippen LogP contribution < -0.4 is 11.2 Å². The molecular weight excluding hydrogens is 318 g/mol. The van der Waals surface area contributed by atoms with Crippen molar-refractivity contribution < 1.29 is 19.2 Å². The van der Waals surface area contributed by atoms with Crippen molar-refractivity contribution >= 4 is 17.8 Å². The number of imide groups is 1. The summed E-state index contributed by atoms with van der Waals surface area (Å²) < 4.78 is 1.75. The van der Waals surface area contributed by atoms with Crippen molar-refractivity contribution in [2.75, 3.05) is 0 Å². The number of amides is 2. The maximum atomic E-state index is 12.1. The summed E-state index contributed by atoms with van der Waals surface area (Å²) >= 11 is 0. The number of hydrogen-bond acceptors (Lipinski definition) is 6. The highest BCUT2D eigenvalue weighted by molar-refractivity contribution is 6.20. The Balaban J connectivity index is 1.79. The molecule has 24 heavy (non-hydrogen) atoms. The molecule has 9 nitrogen and oxygen atoms in total. The number of carbonyl (C=O) groups is 3. The zero-order valence-electron chi connectivity index (χ0n) is 12.5. The highest BCUT2D eigenvalue weighted by Gasteiger charge is 2.38. The zero-order chi connectivity index (χ0) is 17.4. The highest BCUT2D eigenvalue weighted by Crippen LogP contribution is 2.22. The monoisotopic (exact) mass is 329 g/mol. The molecule has 0 bridgehead atoms. The topological polar surface area (TPSA) is 108 Å². The SMILES string of the molecule is Cn1c(=O)ccn(CC(=O)ON2C(=O)c3ccccc3C2=O)c1=O. The minimum absolute atomic E-state index is 0.134. The van der Waals surface area contributed by atoms with E-state index in [4.69, 9.17) is 4.84 Å². The lowest BCUT2D eigenvalue weighted by Gasteiger charge is -2.13. The number of carbonyl (C=O) groups excluding carboxylic acids is 3.